The number of β-amino-alcohol motifs (C(OH)–C–C–N with tert-alkyl or cyclic N) is 1. The minimum absolute atomic E-state index is 0.0322. The maximum absolute atomic E-state index is 12.0. The second kappa shape index (κ2) is 6.29. The van der Waals surface area contributed by atoms with Crippen LogP contribution in [-0.2, 0) is 4.79 Å². The van der Waals surface area contributed by atoms with Crippen molar-refractivity contribution in [2.45, 2.75) is 18.9 Å². The molecule has 1 fully saturated rings. The van der Waals surface area contributed by atoms with Gasteiger partial charge in [-0.3, -0.25) is 14.9 Å². The monoisotopic (exact) mass is 276 g/mol. The fraction of sp³-hybridized carbons (Fsp3) is 0.357. The standard InChI is InChI=1S/C14H16N2O4/c17-12-5-3-9-15(10-12)14(18)8-7-11-4-1-2-6-13(11)16(19)20/h1-2,4,6-8,12,17H,3,5,9-10H2/b8-7+. The third-order valence-electron chi connectivity index (χ3n) is 3.25. The summed E-state index contributed by atoms with van der Waals surface area (Å²) >= 11 is 0. The van der Waals surface area contributed by atoms with Crippen LogP contribution in [0.1, 0.15) is 18.4 Å². The fourth-order valence-electron chi connectivity index (χ4n) is 2.22. The second-order valence-corrected chi connectivity index (χ2v) is 4.73. The average Bonchev–Trinajstić information content (AvgIpc) is 2.45. The highest BCUT2D eigenvalue weighted by Gasteiger charge is 2.20. The molecule has 1 amide bonds. The average molecular weight is 276 g/mol. The lowest BCUT2D eigenvalue weighted by Gasteiger charge is -2.29. The smallest absolute Gasteiger partial charge is 0.276 e. The Hall–Kier alpha value is -2.21. The Bertz CT molecular complexity index is 542. The van der Waals surface area contributed by atoms with Crippen LogP contribution < -0.4 is 0 Å². The third kappa shape index (κ3) is 3.42. The third-order valence-corrected chi connectivity index (χ3v) is 3.25. The highest BCUT2D eigenvalue weighted by molar-refractivity contribution is 5.92. The minimum Gasteiger partial charge on any atom is -0.391 e. The summed E-state index contributed by atoms with van der Waals surface area (Å²) in [6.45, 7) is 0.928. The molecule has 0 radical (unpaired) electrons. The van der Waals surface area contributed by atoms with E-state index in [1.807, 2.05) is 0 Å². The first-order chi connectivity index (χ1) is 9.58. The molecule has 0 bridgehead atoms. The summed E-state index contributed by atoms with van der Waals surface area (Å²) in [4.78, 5) is 23.9. The van der Waals surface area contributed by atoms with E-state index in [4.69, 9.17) is 0 Å². The summed E-state index contributed by atoms with van der Waals surface area (Å²) in [6.07, 6.45) is 3.76. The van der Waals surface area contributed by atoms with Crippen molar-refractivity contribution in [2.24, 2.45) is 0 Å². The number of hydrogen-bond donors (Lipinski definition) is 1. The number of para-hydroxylation sites is 1. The first-order valence-electron chi connectivity index (χ1n) is 6.46. The van der Waals surface area contributed by atoms with Crippen LogP contribution in [-0.4, -0.2) is 40.0 Å². The number of nitrogens with zero attached hydrogens (tertiary/aromatic N) is 2. The Labute approximate surface area is 116 Å². The topological polar surface area (TPSA) is 83.7 Å². The molecule has 1 unspecified atom stereocenters. The Morgan fingerprint density at radius 1 is 1.45 bits per heavy atom. The molecule has 20 heavy (non-hydrogen) atoms. The zero-order valence-electron chi connectivity index (χ0n) is 10.9. The summed E-state index contributed by atoms with van der Waals surface area (Å²) in [7, 11) is 0. The Kier molecular flexibility index (Phi) is 4.47. The van der Waals surface area contributed by atoms with Gasteiger partial charge in [-0.05, 0) is 25.0 Å². The van der Waals surface area contributed by atoms with E-state index in [0.717, 1.165) is 6.42 Å². The molecule has 1 aromatic carbocycles. The van der Waals surface area contributed by atoms with Crippen molar-refractivity contribution in [2.75, 3.05) is 13.1 Å². The van der Waals surface area contributed by atoms with Crippen molar-refractivity contribution in [3.8, 4) is 0 Å². The lowest BCUT2D eigenvalue weighted by Crippen LogP contribution is -2.41. The summed E-state index contributed by atoms with van der Waals surface area (Å²) < 4.78 is 0. The molecule has 0 saturated carbocycles. The van der Waals surface area contributed by atoms with E-state index in [0.29, 0.717) is 25.1 Å². The highest BCUT2D eigenvalue weighted by Crippen LogP contribution is 2.19. The minimum atomic E-state index is -0.479. The van der Waals surface area contributed by atoms with Gasteiger partial charge in [0.1, 0.15) is 0 Å². The largest absolute Gasteiger partial charge is 0.391 e. The molecule has 1 aliphatic rings. The van der Waals surface area contributed by atoms with Gasteiger partial charge in [0, 0.05) is 25.2 Å². The van der Waals surface area contributed by atoms with Gasteiger partial charge in [0.05, 0.1) is 16.6 Å². The van der Waals surface area contributed by atoms with Crippen LogP contribution in [0.2, 0.25) is 0 Å². The molecule has 0 aliphatic carbocycles. The maximum Gasteiger partial charge on any atom is 0.276 e. The SMILES string of the molecule is O=C(/C=C/c1ccccc1[N+](=O)[O-])N1CCCC(O)C1. The molecule has 1 saturated heterocycles. The molecule has 2 rings (SSSR count). The van der Waals surface area contributed by atoms with Crippen molar-refractivity contribution in [3.63, 3.8) is 0 Å². The van der Waals surface area contributed by atoms with Crippen molar-refractivity contribution < 1.29 is 14.8 Å². The molecule has 1 heterocycles. The predicted octanol–water partition coefficient (Wildman–Crippen LogP) is 1.59. The second-order valence-electron chi connectivity index (χ2n) is 4.73. The zero-order chi connectivity index (χ0) is 14.5. The van der Waals surface area contributed by atoms with E-state index in [1.54, 1.807) is 23.1 Å². The quantitative estimate of drug-likeness (QED) is 0.516. The summed E-state index contributed by atoms with van der Waals surface area (Å²) in [6, 6.07) is 6.25. The first-order valence-corrected chi connectivity index (χ1v) is 6.46. The van der Waals surface area contributed by atoms with Gasteiger partial charge in [0.15, 0.2) is 0 Å². The Morgan fingerprint density at radius 3 is 2.90 bits per heavy atom. The summed E-state index contributed by atoms with van der Waals surface area (Å²) in [5.74, 6) is -0.234. The number of rotatable bonds is 3. The van der Waals surface area contributed by atoms with Crippen molar-refractivity contribution >= 4 is 17.7 Å². The summed E-state index contributed by atoms with van der Waals surface area (Å²) in [5.41, 5.74) is 0.360. The number of benzene rings is 1. The van der Waals surface area contributed by atoms with E-state index in [1.165, 1.54) is 18.2 Å². The van der Waals surface area contributed by atoms with Crippen molar-refractivity contribution in [1.82, 2.24) is 4.90 Å². The lowest BCUT2D eigenvalue weighted by molar-refractivity contribution is -0.385. The molecule has 6 heteroatoms. The van der Waals surface area contributed by atoms with Gasteiger partial charge in [-0.25, -0.2) is 0 Å². The van der Waals surface area contributed by atoms with Crippen LogP contribution in [0.25, 0.3) is 6.08 Å². The van der Waals surface area contributed by atoms with E-state index >= 15 is 0 Å². The highest BCUT2D eigenvalue weighted by atomic mass is 16.6. The summed E-state index contributed by atoms with van der Waals surface area (Å²) in [5, 5.41) is 20.4. The van der Waals surface area contributed by atoms with Crippen LogP contribution in [0.4, 0.5) is 5.69 Å². The van der Waals surface area contributed by atoms with Crippen molar-refractivity contribution in [1.29, 1.82) is 0 Å². The van der Waals surface area contributed by atoms with Gasteiger partial charge in [-0.15, -0.1) is 0 Å². The van der Waals surface area contributed by atoms with Crippen LogP contribution in [0, 0.1) is 10.1 Å². The van der Waals surface area contributed by atoms with E-state index in [-0.39, 0.29) is 11.6 Å². The normalized spacial score (nSPS) is 19.2. The van der Waals surface area contributed by atoms with Crippen LogP contribution in [0.5, 0.6) is 0 Å². The molecule has 0 aromatic heterocycles. The van der Waals surface area contributed by atoms with Crippen LogP contribution >= 0.6 is 0 Å². The Morgan fingerprint density at radius 2 is 2.20 bits per heavy atom. The van der Waals surface area contributed by atoms with Gasteiger partial charge in [-0.2, -0.15) is 0 Å². The molecule has 106 valence electrons. The molecule has 6 nitrogen and oxygen atoms in total. The number of carbonyl (C=O) groups is 1. The molecular weight excluding hydrogens is 260 g/mol. The zero-order valence-corrected chi connectivity index (χ0v) is 10.9. The maximum atomic E-state index is 12.0. The number of piperidine rings is 1. The number of aliphatic hydroxyl groups is 1. The fourth-order valence-corrected chi connectivity index (χ4v) is 2.22. The molecular formula is C14H16N2O4. The van der Waals surface area contributed by atoms with Crippen molar-refractivity contribution in [3.05, 3.63) is 46.0 Å². The van der Waals surface area contributed by atoms with E-state index in [9.17, 15) is 20.0 Å². The Balaban J connectivity index is 2.09. The number of amides is 1. The van der Waals surface area contributed by atoms with Gasteiger partial charge in [-0.1, -0.05) is 12.1 Å². The number of hydrogen-bond acceptors (Lipinski definition) is 4. The number of nitro benzene ring substituents is 1. The number of nitro groups is 1. The van der Waals surface area contributed by atoms with Crippen LogP contribution in [0.3, 0.4) is 0 Å². The van der Waals surface area contributed by atoms with Gasteiger partial charge < -0.3 is 10.0 Å². The molecule has 0 spiro atoms. The van der Waals surface area contributed by atoms with E-state index in [2.05, 4.69) is 0 Å². The van der Waals surface area contributed by atoms with Gasteiger partial charge >= 0.3 is 0 Å². The number of aliphatic hydroxyl groups excluding tert-OH is 1. The van der Waals surface area contributed by atoms with Gasteiger partial charge in [0.2, 0.25) is 5.91 Å². The predicted molar refractivity (Wildman–Crippen MR) is 74.0 cm³/mol. The number of likely N-dealkylation sites (tertiary alicyclic amines) is 1. The molecule has 1 atom stereocenters. The molecule has 1 aliphatic heterocycles. The lowest BCUT2D eigenvalue weighted by atomic mass is 10.1. The number of carbonyl (C=O) groups excluding carboxylic acids is 1. The van der Waals surface area contributed by atoms with Gasteiger partial charge in [0.25, 0.3) is 5.69 Å². The van der Waals surface area contributed by atoms with Crippen LogP contribution in [0.15, 0.2) is 30.3 Å². The molecule has 1 aromatic rings. The van der Waals surface area contributed by atoms with E-state index < -0.39 is 11.0 Å². The molecule has 1 N–H and O–H groups in total. The first kappa shape index (κ1) is 14.2.